The lowest BCUT2D eigenvalue weighted by molar-refractivity contribution is -0.128. The third-order valence-electron chi connectivity index (χ3n) is 8.67. The van der Waals surface area contributed by atoms with E-state index >= 15 is 0 Å². The molecule has 0 radical (unpaired) electrons. The Hall–Kier alpha value is -1.78. The molecule has 45 heavy (non-hydrogen) atoms. The second kappa shape index (κ2) is 35.1. The molecule has 2 N–H and O–H groups in total. The molecule has 0 fully saturated rings. The molecule has 0 rings (SSSR count). The molecule has 0 aliphatic heterocycles. The molecule has 0 aliphatic carbocycles. The van der Waals surface area contributed by atoms with Crippen LogP contribution in [0.4, 0.5) is 0 Å². The summed E-state index contributed by atoms with van der Waals surface area (Å²) < 4.78 is 0. The highest BCUT2D eigenvalue weighted by Gasteiger charge is 2.17. The van der Waals surface area contributed by atoms with Crippen LogP contribution in [0.1, 0.15) is 194 Å². The van der Waals surface area contributed by atoms with Crippen molar-refractivity contribution >= 4 is 11.8 Å². The molecule has 0 saturated heterocycles. The van der Waals surface area contributed by atoms with Gasteiger partial charge in [-0.15, -0.1) is 0 Å². The summed E-state index contributed by atoms with van der Waals surface area (Å²) in [5.74, 6) is -0.145. The van der Waals surface area contributed by atoms with E-state index in [2.05, 4.69) is 36.6 Å². The topological polar surface area (TPSA) is 61.4 Å². The minimum absolute atomic E-state index is 0.0346. The molecule has 2 amide bonds. The van der Waals surface area contributed by atoms with Crippen LogP contribution in [-0.2, 0) is 9.59 Å². The van der Waals surface area contributed by atoms with E-state index in [1.54, 1.807) is 6.08 Å². The van der Waals surface area contributed by atoms with Gasteiger partial charge in [0, 0.05) is 27.1 Å². The van der Waals surface area contributed by atoms with E-state index in [0.29, 0.717) is 13.0 Å². The number of allylic oxidation sites excluding steroid dienone is 2. The Morgan fingerprint density at radius 3 is 1.40 bits per heavy atom. The zero-order chi connectivity index (χ0) is 33.1. The highest BCUT2D eigenvalue weighted by atomic mass is 16.2. The Morgan fingerprint density at radius 1 is 0.556 bits per heavy atom. The number of carbonyl (C=O) groups excluding carboxylic acids is 2. The fourth-order valence-corrected chi connectivity index (χ4v) is 5.70. The lowest BCUT2D eigenvalue weighted by Gasteiger charge is -2.16. The van der Waals surface area contributed by atoms with E-state index in [-0.39, 0.29) is 11.8 Å². The molecule has 0 heterocycles. The summed E-state index contributed by atoms with van der Waals surface area (Å²) in [5.41, 5.74) is 0. The van der Waals surface area contributed by atoms with Gasteiger partial charge in [0.25, 0.3) is 0 Å². The summed E-state index contributed by atoms with van der Waals surface area (Å²) in [7, 11) is 3.85. The van der Waals surface area contributed by atoms with Crippen molar-refractivity contribution in [3.63, 3.8) is 0 Å². The predicted molar refractivity (Wildman–Crippen MR) is 198 cm³/mol. The van der Waals surface area contributed by atoms with Crippen molar-refractivity contribution in [1.29, 1.82) is 0 Å². The Morgan fingerprint density at radius 2 is 0.956 bits per heavy atom. The van der Waals surface area contributed by atoms with Gasteiger partial charge in [-0.3, -0.25) is 9.59 Å². The van der Waals surface area contributed by atoms with Crippen molar-refractivity contribution in [3.05, 3.63) is 24.4 Å². The molecule has 0 aromatic carbocycles. The first-order valence-electron chi connectivity index (χ1n) is 19.6. The first kappa shape index (κ1) is 43.2. The monoisotopic (exact) mass is 632 g/mol. The van der Waals surface area contributed by atoms with Gasteiger partial charge >= 0.3 is 0 Å². The van der Waals surface area contributed by atoms with Crippen LogP contribution in [0.25, 0.3) is 0 Å². The molecule has 5 nitrogen and oxygen atoms in total. The van der Waals surface area contributed by atoms with E-state index in [1.165, 1.54) is 148 Å². The normalized spacial score (nSPS) is 12.3. The van der Waals surface area contributed by atoms with E-state index in [1.807, 2.05) is 25.2 Å². The highest BCUT2D eigenvalue weighted by Crippen LogP contribution is 2.13. The maximum atomic E-state index is 12.8. The lowest BCUT2D eigenvalue weighted by Crippen LogP contribution is -2.46. The summed E-state index contributed by atoms with van der Waals surface area (Å²) in [5, 5.41) is 6.00. The molecular weight excluding hydrogens is 554 g/mol. The molecule has 0 bridgehead atoms. The van der Waals surface area contributed by atoms with Crippen LogP contribution in [0.5, 0.6) is 0 Å². The van der Waals surface area contributed by atoms with Gasteiger partial charge in [-0.05, 0) is 50.8 Å². The average Bonchev–Trinajstić information content (AvgIpc) is 3.02. The molecule has 1 atom stereocenters. The zero-order valence-electron chi connectivity index (χ0n) is 30.7. The number of nitrogens with one attached hydrogen (secondary N) is 2. The Bertz CT molecular complexity index is 704. The van der Waals surface area contributed by atoms with Gasteiger partial charge in [-0.1, -0.05) is 161 Å². The van der Waals surface area contributed by atoms with Gasteiger partial charge in [0.05, 0.1) is 0 Å². The minimum atomic E-state index is -0.616. The smallest absolute Gasteiger partial charge is 0.246 e. The molecule has 0 aliphatic rings. The van der Waals surface area contributed by atoms with Gasteiger partial charge in [-0.25, -0.2) is 0 Å². The maximum absolute atomic E-state index is 12.8. The Kier molecular flexibility index (Phi) is 33.7. The molecular formula is C40H77N3O2. The molecule has 0 aromatic rings. The summed E-state index contributed by atoms with van der Waals surface area (Å²) in [6.45, 7) is 5.22. The average molecular weight is 632 g/mol. The number of nitrogens with zero attached hydrogens (tertiary/aromatic N) is 1. The summed E-state index contributed by atoms with van der Waals surface area (Å²) in [6, 6.07) is -0.616. The quantitative estimate of drug-likeness (QED) is 0.0548. The largest absolute Gasteiger partial charge is 0.384 e. The van der Waals surface area contributed by atoms with Crippen molar-refractivity contribution < 1.29 is 9.59 Å². The highest BCUT2D eigenvalue weighted by molar-refractivity contribution is 5.89. The SMILES string of the molecule is CCCCCCCC/C=C/CCCCCCCC(=O)NC(/C=C/N(C)C)C(=O)NCCCCCCCCCCCCCCCC. The van der Waals surface area contributed by atoms with Crippen LogP contribution in [0.15, 0.2) is 24.4 Å². The number of unbranched alkanes of at least 4 members (excludes halogenated alkanes) is 24. The molecule has 264 valence electrons. The van der Waals surface area contributed by atoms with Crippen LogP contribution >= 0.6 is 0 Å². The molecule has 0 aromatic heterocycles. The summed E-state index contributed by atoms with van der Waals surface area (Å²) in [4.78, 5) is 27.3. The summed E-state index contributed by atoms with van der Waals surface area (Å²) >= 11 is 0. The zero-order valence-corrected chi connectivity index (χ0v) is 30.7. The van der Waals surface area contributed by atoms with E-state index in [0.717, 1.165) is 25.7 Å². The summed E-state index contributed by atoms with van der Waals surface area (Å²) in [6.07, 6.45) is 43.5. The molecule has 0 spiro atoms. The maximum Gasteiger partial charge on any atom is 0.246 e. The predicted octanol–water partition coefficient (Wildman–Crippen LogP) is 11.2. The van der Waals surface area contributed by atoms with Crippen molar-refractivity contribution in [2.75, 3.05) is 20.6 Å². The fourth-order valence-electron chi connectivity index (χ4n) is 5.70. The molecule has 0 saturated carbocycles. The van der Waals surface area contributed by atoms with Crippen molar-refractivity contribution in [3.8, 4) is 0 Å². The van der Waals surface area contributed by atoms with Crippen molar-refractivity contribution in [2.24, 2.45) is 0 Å². The van der Waals surface area contributed by atoms with Crippen molar-refractivity contribution in [2.45, 2.75) is 200 Å². The number of hydrogen-bond donors (Lipinski definition) is 2. The van der Waals surface area contributed by atoms with Gasteiger partial charge < -0.3 is 15.5 Å². The number of hydrogen-bond acceptors (Lipinski definition) is 3. The van der Waals surface area contributed by atoms with Crippen LogP contribution in [-0.4, -0.2) is 43.4 Å². The van der Waals surface area contributed by atoms with E-state index in [4.69, 9.17) is 0 Å². The van der Waals surface area contributed by atoms with Crippen LogP contribution in [0.2, 0.25) is 0 Å². The van der Waals surface area contributed by atoms with Crippen molar-refractivity contribution in [1.82, 2.24) is 15.5 Å². The third kappa shape index (κ3) is 33.4. The van der Waals surface area contributed by atoms with Crippen LogP contribution < -0.4 is 10.6 Å². The fraction of sp³-hybridized carbons (Fsp3) is 0.850. The molecule has 1 unspecified atom stereocenters. The standard InChI is InChI=1S/C40H77N3O2/c1-5-7-9-11-13-15-17-19-21-22-24-26-28-30-32-34-39(44)42-38(35-37-43(3)4)40(45)41-36-33-31-29-27-25-23-20-18-16-14-12-10-8-6-2/h19,21,35,37-38H,5-18,20,22-34,36H2,1-4H3,(H,41,45)(H,42,44)/b21-19+,37-35+. The number of rotatable bonds is 34. The second-order valence-corrected chi connectivity index (χ2v) is 13.6. The van der Waals surface area contributed by atoms with Gasteiger partial charge in [0.15, 0.2) is 0 Å². The van der Waals surface area contributed by atoms with Gasteiger partial charge in [0.1, 0.15) is 6.04 Å². The third-order valence-corrected chi connectivity index (χ3v) is 8.67. The van der Waals surface area contributed by atoms with Gasteiger partial charge in [0.2, 0.25) is 11.8 Å². The first-order valence-corrected chi connectivity index (χ1v) is 19.6. The number of carbonyl (C=O) groups is 2. The van der Waals surface area contributed by atoms with Crippen LogP contribution in [0.3, 0.4) is 0 Å². The first-order chi connectivity index (χ1) is 22.0. The number of amides is 2. The van der Waals surface area contributed by atoms with Crippen LogP contribution in [0, 0.1) is 0 Å². The van der Waals surface area contributed by atoms with E-state index < -0.39 is 6.04 Å². The van der Waals surface area contributed by atoms with Gasteiger partial charge in [-0.2, -0.15) is 0 Å². The Balaban J connectivity index is 3.89. The minimum Gasteiger partial charge on any atom is -0.384 e. The molecule has 5 heteroatoms. The second-order valence-electron chi connectivity index (χ2n) is 13.6. The lowest BCUT2D eigenvalue weighted by atomic mass is 10.0. The van der Waals surface area contributed by atoms with E-state index in [9.17, 15) is 9.59 Å². The Labute approximate surface area is 281 Å².